The van der Waals surface area contributed by atoms with Gasteiger partial charge in [0.2, 0.25) is 0 Å². The molecule has 0 fully saturated rings. The zero-order chi connectivity index (χ0) is 15.2. The molecule has 0 unspecified atom stereocenters. The van der Waals surface area contributed by atoms with Crippen LogP contribution in [0, 0.1) is 6.92 Å². The molecule has 118 valence electrons. The predicted molar refractivity (Wildman–Crippen MR) is 90.3 cm³/mol. The summed E-state index contributed by atoms with van der Waals surface area (Å²) in [6.07, 6.45) is 3.85. The van der Waals surface area contributed by atoms with Crippen molar-refractivity contribution in [2.75, 3.05) is 13.7 Å². The number of nitrogens with zero attached hydrogens (tertiary/aromatic N) is 1. The zero-order valence-electron chi connectivity index (χ0n) is 12.4. The molecule has 0 atom stereocenters. The van der Waals surface area contributed by atoms with Crippen LogP contribution in [0.3, 0.4) is 0 Å². The molecule has 1 heterocycles. The Hall–Kier alpha value is -1.78. The van der Waals surface area contributed by atoms with Gasteiger partial charge in [0.05, 0.1) is 7.11 Å². The van der Waals surface area contributed by atoms with Gasteiger partial charge in [-0.25, -0.2) is 0 Å². The third-order valence-corrected chi connectivity index (χ3v) is 3.36. The molecule has 2 aromatic rings. The lowest BCUT2D eigenvalue weighted by Gasteiger charge is -2.12. The topological polar surface area (TPSA) is 51.2 Å². The van der Waals surface area contributed by atoms with Crippen LogP contribution in [-0.4, -0.2) is 24.5 Å². The van der Waals surface area contributed by atoms with Gasteiger partial charge in [0.1, 0.15) is 5.75 Å². The number of aryl methyl sites for hydroxylation is 1. The van der Waals surface area contributed by atoms with Gasteiger partial charge in [-0.2, -0.15) is 0 Å². The van der Waals surface area contributed by atoms with Crippen LogP contribution in [-0.2, 0) is 6.42 Å². The van der Waals surface area contributed by atoms with Gasteiger partial charge in [-0.3, -0.25) is 9.78 Å². The minimum atomic E-state index is -0.116. The summed E-state index contributed by atoms with van der Waals surface area (Å²) in [4.78, 5) is 15.8. The van der Waals surface area contributed by atoms with Crippen molar-refractivity contribution in [2.24, 2.45) is 0 Å². The van der Waals surface area contributed by atoms with E-state index in [0.717, 1.165) is 16.9 Å². The van der Waals surface area contributed by atoms with E-state index in [1.807, 2.05) is 19.1 Å². The van der Waals surface area contributed by atoms with E-state index in [1.54, 1.807) is 31.6 Å². The van der Waals surface area contributed by atoms with Gasteiger partial charge >= 0.3 is 0 Å². The van der Waals surface area contributed by atoms with Crippen molar-refractivity contribution in [3.8, 4) is 5.75 Å². The number of amides is 1. The highest BCUT2D eigenvalue weighted by molar-refractivity contribution is 6.30. The smallest absolute Gasteiger partial charge is 0.251 e. The maximum atomic E-state index is 11.9. The van der Waals surface area contributed by atoms with Crippen LogP contribution < -0.4 is 10.1 Å². The Morgan fingerprint density at radius 2 is 2.00 bits per heavy atom. The number of pyridine rings is 1. The maximum Gasteiger partial charge on any atom is 0.251 e. The van der Waals surface area contributed by atoms with Crippen LogP contribution in [0.1, 0.15) is 21.5 Å². The monoisotopic (exact) mass is 340 g/mol. The first kappa shape index (κ1) is 18.3. The molecule has 0 aliphatic rings. The fourth-order valence-corrected chi connectivity index (χ4v) is 2.49. The molecular weight excluding hydrogens is 323 g/mol. The van der Waals surface area contributed by atoms with Crippen molar-refractivity contribution in [3.05, 3.63) is 58.4 Å². The molecule has 0 spiro atoms. The fraction of sp³-hybridized carbons (Fsp3) is 0.250. The second-order valence-corrected chi connectivity index (χ2v) is 5.09. The average molecular weight is 341 g/mol. The summed E-state index contributed by atoms with van der Waals surface area (Å²) >= 11 is 6.07. The molecule has 0 radical (unpaired) electrons. The van der Waals surface area contributed by atoms with Gasteiger partial charge in [0, 0.05) is 29.5 Å². The molecular formula is C16H18Cl2N2O2. The normalized spacial score (nSPS) is 9.77. The van der Waals surface area contributed by atoms with Crippen molar-refractivity contribution < 1.29 is 9.53 Å². The number of aromatic nitrogens is 1. The van der Waals surface area contributed by atoms with E-state index in [2.05, 4.69) is 10.3 Å². The summed E-state index contributed by atoms with van der Waals surface area (Å²) < 4.78 is 5.39. The first-order chi connectivity index (χ1) is 10.1. The molecule has 1 N–H and O–H groups in total. The lowest BCUT2D eigenvalue weighted by Crippen LogP contribution is -2.25. The molecule has 0 aliphatic heterocycles. The van der Waals surface area contributed by atoms with Gasteiger partial charge in [-0.15, -0.1) is 12.4 Å². The number of methoxy groups -OCH3 is 1. The van der Waals surface area contributed by atoms with E-state index < -0.39 is 0 Å². The third-order valence-electron chi connectivity index (χ3n) is 3.14. The number of nitrogens with one attached hydrogen (secondary N) is 1. The number of rotatable bonds is 5. The molecule has 0 bridgehead atoms. The van der Waals surface area contributed by atoms with Crippen LogP contribution in [0.25, 0.3) is 0 Å². The molecule has 6 heteroatoms. The summed E-state index contributed by atoms with van der Waals surface area (Å²) in [5, 5.41) is 3.54. The van der Waals surface area contributed by atoms with Crippen LogP contribution in [0.15, 0.2) is 36.7 Å². The Balaban J connectivity index is 0.00000242. The SMILES string of the molecule is COc1c(C)cc(Cl)cc1CCNC(=O)c1ccncc1.Cl. The molecule has 4 nitrogen and oxygen atoms in total. The summed E-state index contributed by atoms with van der Waals surface area (Å²) in [6, 6.07) is 7.09. The molecule has 1 amide bonds. The Morgan fingerprint density at radius 3 is 2.64 bits per heavy atom. The number of hydrogen-bond donors (Lipinski definition) is 1. The van der Waals surface area contributed by atoms with E-state index in [-0.39, 0.29) is 18.3 Å². The van der Waals surface area contributed by atoms with Gasteiger partial charge in [0.15, 0.2) is 0 Å². The van der Waals surface area contributed by atoms with Crippen molar-refractivity contribution in [3.63, 3.8) is 0 Å². The first-order valence-electron chi connectivity index (χ1n) is 6.63. The largest absolute Gasteiger partial charge is 0.496 e. The highest BCUT2D eigenvalue weighted by Gasteiger charge is 2.09. The minimum Gasteiger partial charge on any atom is -0.496 e. The molecule has 0 saturated heterocycles. The van der Waals surface area contributed by atoms with E-state index in [1.165, 1.54) is 0 Å². The number of carbonyl (C=O) groups is 1. The van der Waals surface area contributed by atoms with E-state index in [0.29, 0.717) is 23.6 Å². The number of halogens is 2. The van der Waals surface area contributed by atoms with E-state index in [4.69, 9.17) is 16.3 Å². The highest BCUT2D eigenvalue weighted by atomic mass is 35.5. The Morgan fingerprint density at radius 1 is 1.32 bits per heavy atom. The number of benzene rings is 1. The van der Waals surface area contributed by atoms with Crippen molar-refractivity contribution in [1.82, 2.24) is 10.3 Å². The quantitative estimate of drug-likeness (QED) is 0.906. The molecule has 1 aromatic carbocycles. The van der Waals surface area contributed by atoms with Crippen LogP contribution in [0.4, 0.5) is 0 Å². The molecule has 1 aromatic heterocycles. The standard InChI is InChI=1S/C16H17ClN2O2.ClH/c1-11-9-14(17)10-13(15(11)21-2)5-8-19-16(20)12-3-6-18-7-4-12;/h3-4,6-7,9-10H,5,8H2,1-2H3,(H,19,20);1H. The van der Waals surface area contributed by atoms with Crippen molar-refractivity contribution in [2.45, 2.75) is 13.3 Å². The maximum absolute atomic E-state index is 11.9. The second-order valence-electron chi connectivity index (χ2n) is 4.66. The third kappa shape index (κ3) is 4.61. The lowest BCUT2D eigenvalue weighted by atomic mass is 10.1. The molecule has 2 rings (SSSR count). The Bertz CT molecular complexity index is 634. The molecule has 22 heavy (non-hydrogen) atoms. The minimum absolute atomic E-state index is 0. The van der Waals surface area contributed by atoms with Crippen LogP contribution in [0.5, 0.6) is 5.75 Å². The lowest BCUT2D eigenvalue weighted by molar-refractivity contribution is 0.0954. The van der Waals surface area contributed by atoms with E-state index >= 15 is 0 Å². The van der Waals surface area contributed by atoms with Gasteiger partial charge in [0.25, 0.3) is 5.91 Å². The summed E-state index contributed by atoms with van der Waals surface area (Å²) in [6.45, 7) is 2.46. The average Bonchev–Trinajstić information content (AvgIpc) is 2.47. The zero-order valence-corrected chi connectivity index (χ0v) is 14.0. The second kappa shape index (κ2) is 8.61. The number of carbonyl (C=O) groups excluding carboxylic acids is 1. The fourth-order valence-electron chi connectivity index (χ4n) is 2.19. The molecule has 0 saturated carbocycles. The van der Waals surface area contributed by atoms with Gasteiger partial charge in [-0.1, -0.05) is 11.6 Å². The Kier molecular flexibility index (Phi) is 7.15. The van der Waals surface area contributed by atoms with Gasteiger partial charge in [-0.05, 0) is 48.7 Å². The number of ether oxygens (including phenoxy) is 1. The van der Waals surface area contributed by atoms with Crippen LogP contribution >= 0.6 is 24.0 Å². The van der Waals surface area contributed by atoms with Gasteiger partial charge < -0.3 is 10.1 Å². The molecule has 0 aliphatic carbocycles. The van der Waals surface area contributed by atoms with E-state index in [9.17, 15) is 4.79 Å². The highest BCUT2D eigenvalue weighted by Crippen LogP contribution is 2.27. The van der Waals surface area contributed by atoms with Crippen molar-refractivity contribution >= 4 is 29.9 Å². The first-order valence-corrected chi connectivity index (χ1v) is 7.01. The van der Waals surface area contributed by atoms with Crippen molar-refractivity contribution in [1.29, 1.82) is 0 Å². The number of hydrogen-bond acceptors (Lipinski definition) is 3. The summed E-state index contributed by atoms with van der Waals surface area (Å²) in [5.74, 6) is 0.702. The summed E-state index contributed by atoms with van der Waals surface area (Å²) in [5.41, 5.74) is 2.57. The Labute approximate surface area is 141 Å². The predicted octanol–water partition coefficient (Wildman–Crippen LogP) is 3.45. The summed E-state index contributed by atoms with van der Waals surface area (Å²) in [7, 11) is 1.63. The van der Waals surface area contributed by atoms with Crippen LogP contribution in [0.2, 0.25) is 5.02 Å².